The van der Waals surface area contributed by atoms with Crippen LogP contribution in [0.4, 0.5) is 0 Å². The second-order valence-electron chi connectivity index (χ2n) is 1.31. The van der Waals surface area contributed by atoms with Crippen molar-refractivity contribution >= 4 is 6.47 Å². The van der Waals surface area contributed by atoms with Crippen LogP contribution in [0.3, 0.4) is 0 Å². The molecule has 0 N–H and O–H groups in total. The van der Waals surface area contributed by atoms with Gasteiger partial charge < -0.3 is 0 Å². The van der Waals surface area contributed by atoms with E-state index in [2.05, 4.69) is 9.78 Å². The van der Waals surface area contributed by atoms with Crippen molar-refractivity contribution in [2.75, 3.05) is 0 Å². The third kappa shape index (κ3) is 5.43. The molecule has 0 atom stereocenters. The van der Waals surface area contributed by atoms with Crippen molar-refractivity contribution in [3.05, 3.63) is 0 Å². The first-order valence-corrected chi connectivity index (χ1v) is 1.97. The van der Waals surface area contributed by atoms with E-state index in [-0.39, 0.29) is 6.10 Å². The average Bonchev–Trinajstić information content (AvgIpc) is 1.61. The van der Waals surface area contributed by atoms with Gasteiger partial charge in [-0.25, -0.2) is 4.79 Å². The maximum Gasteiger partial charge on any atom is 0.453 e. The van der Waals surface area contributed by atoms with E-state index >= 15 is 0 Å². The molecule has 0 unspecified atom stereocenters. The molecule has 0 aromatic carbocycles. The highest BCUT2D eigenvalue weighted by molar-refractivity contribution is 5.36. The van der Waals surface area contributed by atoms with Crippen LogP contribution in [-0.2, 0) is 14.6 Å². The van der Waals surface area contributed by atoms with Gasteiger partial charge in [-0.3, -0.25) is 4.89 Å². The Kier molecular flexibility index (Phi) is 3.32. The SMILES string of the molecule is CC(C)OO[C]=O. The zero-order chi connectivity index (χ0) is 5.70. The van der Waals surface area contributed by atoms with Crippen LogP contribution in [-0.4, -0.2) is 12.6 Å². The molecule has 0 amide bonds. The molecule has 0 saturated carbocycles. The zero-order valence-corrected chi connectivity index (χ0v) is 4.30. The topological polar surface area (TPSA) is 35.5 Å². The molecule has 7 heavy (non-hydrogen) atoms. The third-order valence-electron chi connectivity index (χ3n) is 0.275. The van der Waals surface area contributed by atoms with Crippen LogP contribution >= 0.6 is 0 Å². The summed E-state index contributed by atoms with van der Waals surface area (Å²) in [7, 11) is 0. The maximum atomic E-state index is 9.24. The summed E-state index contributed by atoms with van der Waals surface area (Å²) >= 11 is 0. The van der Waals surface area contributed by atoms with E-state index in [4.69, 9.17) is 0 Å². The zero-order valence-electron chi connectivity index (χ0n) is 4.30. The molecule has 0 aliphatic rings. The summed E-state index contributed by atoms with van der Waals surface area (Å²) in [6.07, 6.45) is -0.0820. The van der Waals surface area contributed by atoms with Crippen LogP contribution in [0.25, 0.3) is 0 Å². The highest BCUT2D eigenvalue weighted by Gasteiger charge is 1.89. The second-order valence-corrected chi connectivity index (χ2v) is 1.31. The van der Waals surface area contributed by atoms with Crippen molar-refractivity contribution in [3.63, 3.8) is 0 Å². The second kappa shape index (κ2) is 3.61. The van der Waals surface area contributed by atoms with Gasteiger partial charge in [-0.2, -0.15) is 4.89 Å². The fourth-order valence-corrected chi connectivity index (χ4v) is 0.116. The van der Waals surface area contributed by atoms with E-state index in [1.165, 1.54) is 0 Å². The Balaban J connectivity index is 2.81. The van der Waals surface area contributed by atoms with Crippen LogP contribution in [0, 0.1) is 0 Å². The molecule has 3 heteroatoms. The van der Waals surface area contributed by atoms with Crippen molar-refractivity contribution in [1.29, 1.82) is 0 Å². The van der Waals surface area contributed by atoms with Gasteiger partial charge in [0.25, 0.3) is 0 Å². The Hall–Kier alpha value is -0.570. The van der Waals surface area contributed by atoms with Gasteiger partial charge in [0.15, 0.2) is 0 Å². The number of hydrogen-bond acceptors (Lipinski definition) is 3. The molecule has 0 heterocycles. The van der Waals surface area contributed by atoms with Crippen LogP contribution in [0.1, 0.15) is 13.8 Å². The molecule has 0 bridgehead atoms. The maximum absolute atomic E-state index is 9.24. The van der Waals surface area contributed by atoms with Crippen LogP contribution < -0.4 is 0 Å². The summed E-state index contributed by atoms with van der Waals surface area (Å²) in [5, 5.41) is 0. The summed E-state index contributed by atoms with van der Waals surface area (Å²) < 4.78 is 0. The van der Waals surface area contributed by atoms with Crippen LogP contribution in [0.2, 0.25) is 0 Å². The van der Waals surface area contributed by atoms with Crippen LogP contribution in [0.15, 0.2) is 0 Å². The van der Waals surface area contributed by atoms with Crippen molar-refractivity contribution in [1.82, 2.24) is 0 Å². The number of hydrogen-bond donors (Lipinski definition) is 0. The minimum atomic E-state index is -0.0820. The number of carbonyl (C=O) groups excluding carboxylic acids is 1. The lowest BCUT2D eigenvalue weighted by molar-refractivity contribution is -0.249. The molecule has 0 aromatic rings. The molecule has 0 spiro atoms. The molecular weight excluding hydrogens is 96.0 g/mol. The first-order chi connectivity index (χ1) is 3.27. The lowest BCUT2D eigenvalue weighted by Crippen LogP contribution is -2.01. The predicted octanol–water partition coefficient (Wildman–Crippen LogP) is 0.410. The highest BCUT2D eigenvalue weighted by Crippen LogP contribution is 1.84. The Morgan fingerprint density at radius 2 is 2.14 bits per heavy atom. The summed E-state index contributed by atoms with van der Waals surface area (Å²) in [5.74, 6) is 0. The lowest BCUT2D eigenvalue weighted by atomic mass is 10.5. The number of rotatable bonds is 3. The molecule has 41 valence electrons. The minimum absolute atomic E-state index is 0.0820. The molecule has 0 aromatic heterocycles. The summed E-state index contributed by atoms with van der Waals surface area (Å²) in [6.45, 7) is 4.62. The third-order valence-corrected chi connectivity index (χ3v) is 0.275. The first kappa shape index (κ1) is 6.43. The van der Waals surface area contributed by atoms with Crippen LogP contribution in [0.5, 0.6) is 0 Å². The van der Waals surface area contributed by atoms with Gasteiger partial charge in [-0.1, -0.05) is 0 Å². The van der Waals surface area contributed by atoms with Gasteiger partial charge in [0.05, 0.1) is 6.10 Å². The molecule has 3 nitrogen and oxygen atoms in total. The summed E-state index contributed by atoms with van der Waals surface area (Å²) in [6, 6.07) is 0. The van der Waals surface area contributed by atoms with Gasteiger partial charge in [0.1, 0.15) is 0 Å². The molecule has 0 aliphatic carbocycles. The van der Waals surface area contributed by atoms with Crippen molar-refractivity contribution < 1.29 is 14.6 Å². The normalized spacial score (nSPS) is 9.00. The Morgan fingerprint density at radius 1 is 1.57 bits per heavy atom. The van der Waals surface area contributed by atoms with Gasteiger partial charge in [-0.05, 0) is 13.8 Å². The Morgan fingerprint density at radius 3 is 2.29 bits per heavy atom. The van der Waals surface area contributed by atoms with Gasteiger partial charge >= 0.3 is 6.47 Å². The fraction of sp³-hybridized carbons (Fsp3) is 0.750. The minimum Gasteiger partial charge on any atom is -0.285 e. The molecule has 0 aliphatic heterocycles. The van der Waals surface area contributed by atoms with E-state index in [1.807, 2.05) is 0 Å². The molecule has 0 fully saturated rings. The Labute approximate surface area is 42.2 Å². The predicted molar refractivity (Wildman–Crippen MR) is 23.0 cm³/mol. The lowest BCUT2D eigenvalue weighted by Gasteiger charge is -1.97. The van der Waals surface area contributed by atoms with Gasteiger partial charge in [0.2, 0.25) is 0 Å². The van der Waals surface area contributed by atoms with Crippen molar-refractivity contribution in [2.24, 2.45) is 0 Å². The fourth-order valence-electron chi connectivity index (χ4n) is 0.116. The molecule has 1 radical (unpaired) electrons. The van der Waals surface area contributed by atoms with E-state index in [0.29, 0.717) is 0 Å². The van der Waals surface area contributed by atoms with E-state index < -0.39 is 0 Å². The highest BCUT2D eigenvalue weighted by atomic mass is 17.2. The van der Waals surface area contributed by atoms with Crippen molar-refractivity contribution in [3.8, 4) is 0 Å². The molecular formula is C4H7O3. The van der Waals surface area contributed by atoms with E-state index in [9.17, 15) is 4.79 Å². The van der Waals surface area contributed by atoms with Gasteiger partial charge in [0, 0.05) is 0 Å². The summed E-state index contributed by atoms with van der Waals surface area (Å²) in [4.78, 5) is 17.3. The standard InChI is InChI=1S/C4H7O3/c1-4(2)7-6-3-5/h4H,1-2H3. The Bertz CT molecular complexity index is 50.9. The van der Waals surface area contributed by atoms with E-state index in [1.54, 1.807) is 13.8 Å². The summed E-state index contributed by atoms with van der Waals surface area (Å²) in [5.41, 5.74) is 0. The van der Waals surface area contributed by atoms with Gasteiger partial charge in [-0.15, -0.1) is 0 Å². The smallest absolute Gasteiger partial charge is 0.285 e. The average molecular weight is 103 g/mol. The molecule has 0 saturated heterocycles. The quantitative estimate of drug-likeness (QED) is 0.383. The largest absolute Gasteiger partial charge is 0.453 e. The molecule has 0 rings (SSSR count). The monoisotopic (exact) mass is 103 g/mol. The van der Waals surface area contributed by atoms with E-state index in [0.717, 1.165) is 6.47 Å². The first-order valence-electron chi connectivity index (χ1n) is 1.97. The van der Waals surface area contributed by atoms with Crippen molar-refractivity contribution in [2.45, 2.75) is 20.0 Å².